The van der Waals surface area contributed by atoms with E-state index >= 15 is 0 Å². The van der Waals surface area contributed by atoms with E-state index in [-0.39, 0.29) is 5.75 Å². The van der Waals surface area contributed by atoms with Crippen molar-refractivity contribution in [3.8, 4) is 0 Å². The SMILES string of the molecule is O=CCSO. The molecular weight excluding hydrogens is 88.1 g/mol. The number of rotatable bonds is 2. The highest BCUT2D eigenvalue weighted by Crippen LogP contribution is 1.81. The van der Waals surface area contributed by atoms with E-state index in [0.29, 0.717) is 18.3 Å². The molecule has 0 saturated heterocycles. The fourth-order valence-electron chi connectivity index (χ4n) is 0.0304. The van der Waals surface area contributed by atoms with E-state index in [1.54, 1.807) is 0 Å². The van der Waals surface area contributed by atoms with Gasteiger partial charge in [-0.05, 0) is 12.0 Å². The van der Waals surface area contributed by atoms with Crippen LogP contribution in [0.4, 0.5) is 0 Å². The van der Waals surface area contributed by atoms with Crippen LogP contribution in [0, 0.1) is 0 Å². The maximum Gasteiger partial charge on any atom is 0.132 e. The largest absolute Gasteiger partial charge is 0.330 e. The van der Waals surface area contributed by atoms with E-state index in [4.69, 9.17) is 4.55 Å². The van der Waals surface area contributed by atoms with Gasteiger partial charge in [0, 0.05) is 0 Å². The van der Waals surface area contributed by atoms with Crippen LogP contribution in [-0.4, -0.2) is 16.6 Å². The molecule has 0 saturated carbocycles. The van der Waals surface area contributed by atoms with E-state index in [0.717, 1.165) is 0 Å². The molecular formula is C2H4O2S. The first-order chi connectivity index (χ1) is 2.41. The Bertz CT molecular complexity index is 28.8. The number of carbonyl (C=O) groups is 1. The van der Waals surface area contributed by atoms with Gasteiger partial charge in [0.15, 0.2) is 0 Å². The van der Waals surface area contributed by atoms with E-state index < -0.39 is 0 Å². The second kappa shape index (κ2) is 3.98. The summed E-state index contributed by atoms with van der Waals surface area (Å²) in [7, 11) is 0. The minimum Gasteiger partial charge on any atom is -0.330 e. The molecule has 0 aromatic heterocycles. The average molecular weight is 92.1 g/mol. The van der Waals surface area contributed by atoms with Crippen LogP contribution in [0.25, 0.3) is 0 Å². The van der Waals surface area contributed by atoms with Crippen molar-refractivity contribution in [1.29, 1.82) is 0 Å². The number of carbonyl (C=O) groups excluding carboxylic acids is 1. The van der Waals surface area contributed by atoms with Gasteiger partial charge in [-0.3, -0.25) is 0 Å². The van der Waals surface area contributed by atoms with Gasteiger partial charge >= 0.3 is 0 Å². The van der Waals surface area contributed by atoms with Crippen LogP contribution < -0.4 is 0 Å². The Morgan fingerprint density at radius 2 is 2.60 bits per heavy atom. The van der Waals surface area contributed by atoms with Crippen molar-refractivity contribution in [2.24, 2.45) is 0 Å². The number of hydrogen-bond acceptors (Lipinski definition) is 3. The van der Waals surface area contributed by atoms with Crippen LogP contribution in [0.2, 0.25) is 0 Å². The molecule has 0 spiro atoms. The summed E-state index contributed by atoms with van der Waals surface area (Å²) in [6.07, 6.45) is 0.644. The third-order valence-corrected chi connectivity index (χ3v) is 0.428. The highest BCUT2D eigenvalue weighted by molar-refractivity contribution is 7.94. The molecule has 0 unspecified atom stereocenters. The van der Waals surface area contributed by atoms with Crippen molar-refractivity contribution in [2.45, 2.75) is 0 Å². The normalized spacial score (nSPS) is 7.40. The highest BCUT2D eigenvalue weighted by Gasteiger charge is 1.69. The summed E-state index contributed by atoms with van der Waals surface area (Å²) in [5.74, 6) is 0.181. The Morgan fingerprint density at radius 3 is 2.60 bits per heavy atom. The van der Waals surface area contributed by atoms with Crippen molar-refractivity contribution >= 4 is 18.3 Å². The topological polar surface area (TPSA) is 37.3 Å². The Morgan fingerprint density at radius 1 is 2.00 bits per heavy atom. The second-order valence-electron chi connectivity index (χ2n) is 0.462. The lowest BCUT2D eigenvalue weighted by Crippen LogP contribution is -1.71. The average Bonchev–Trinajstić information content (AvgIpc) is 1.41. The lowest BCUT2D eigenvalue weighted by molar-refractivity contribution is -0.105. The zero-order valence-corrected chi connectivity index (χ0v) is 3.36. The Labute approximate surface area is 34.4 Å². The fraction of sp³-hybridized carbons (Fsp3) is 0.500. The van der Waals surface area contributed by atoms with Gasteiger partial charge in [-0.25, -0.2) is 0 Å². The molecule has 0 aromatic carbocycles. The summed E-state index contributed by atoms with van der Waals surface area (Å²) in [6.45, 7) is 0. The molecule has 0 fully saturated rings. The summed E-state index contributed by atoms with van der Waals surface area (Å²) in [6, 6.07) is 0. The fourth-order valence-corrected chi connectivity index (χ4v) is 0.0913. The molecule has 0 radical (unpaired) electrons. The molecule has 0 rings (SSSR count). The third kappa shape index (κ3) is 3.98. The van der Waals surface area contributed by atoms with Gasteiger partial charge in [0.05, 0.1) is 5.75 Å². The molecule has 3 heteroatoms. The first-order valence-electron chi connectivity index (χ1n) is 1.12. The molecule has 0 bridgehead atoms. The molecule has 2 nitrogen and oxygen atoms in total. The predicted octanol–water partition coefficient (Wildman–Crippen LogP) is 0.392. The van der Waals surface area contributed by atoms with Gasteiger partial charge in [-0.15, -0.1) is 0 Å². The Kier molecular flexibility index (Phi) is 3.96. The van der Waals surface area contributed by atoms with Crippen LogP contribution in [0.5, 0.6) is 0 Å². The monoisotopic (exact) mass is 92.0 g/mol. The van der Waals surface area contributed by atoms with Gasteiger partial charge in [-0.1, -0.05) is 0 Å². The summed E-state index contributed by atoms with van der Waals surface area (Å²) >= 11 is 0.534. The van der Waals surface area contributed by atoms with E-state index in [1.807, 2.05) is 0 Å². The molecule has 0 heterocycles. The molecule has 0 aliphatic carbocycles. The molecule has 1 N–H and O–H groups in total. The summed E-state index contributed by atoms with van der Waals surface area (Å²) in [4.78, 5) is 9.22. The van der Waals surface area contributed by atoms with Gasteiger partial charge in [0.1, 0.15) is 6.29 Å². The highest BCUT2D eigenvalue weighted by atomic mass is 32.2. The van der Waals surface area contributed by atoms with Gasteiger partial charge in [0.25, 0.3) is 0 Å². The van der Waals surface area contributed by atoms with Gasteiger partial charge in [-0.2, -0.15) is 0 Å². The van der Waals surface area contributed by atoms with Gasteiger partial charge < -0.3 is 9.35 Å². The van der Waals surface area contributed by atoms with Crippen LogP contribution in [0.15, 0.2) is 0 Å². The summed E-state index contributed by atoms with van der Waals surface area (Å²) in [5.41, 5.74) is 0. The zero-order valence-electron chi connectivity index (χ0n) is 2.55. The molecule has 0 amide bonds. The lowest BCUT2D eigenvalue weighted by atomic mass is 10.9. The van der Waals surface area contributed by atoms with Crippen molar-refractivity contribution in [1.82, 2.24) is 0 Å². The quantitative estimate of drug-likeness (QED) is 0.395. The van der Waals surface area contributed by atoms with Crippen molar-refractivity contribution in [3.05, 3.63) is 0 Å². The van der Waals surface area contributed by atoms with Crippen LogP contribution in [0.1, 0.15) is 0 Å². The Hall–Kier alpha value is -0.0200. The smallest absolute Gasteiger partial charge is 0.132 e. The minimum absolute atomic E-state index is 0.181. The molecule has 0 aliphatic rings. The number of aldehydes is 1. The third-order valence-electron chi connectivity index (χ3n) is 0.143. The second-order valence-corrected chi connectivity index (χ2v) is 1.05. The van der Waals surface area contributed by atoms with Gasteiger partial charge in [0.2, 0.25) is 0 Å². The standard InChI is InChI=1S/C2H4O2S/c3-1-2-5-4/h1,4H,2H2. The molecule has 30 valence electrons. The minimum atomic E-state index is 0.181. The molecule has 5 heavy (non-hydrogen) atoms. The number of hydrogen-bond donors (Lipinski definition) is 1. The van der Waals surface area contributed by atoms with E-state index in [2.05, 4.69) is 0 Å². The summed E-state index contributed by atoms with van der Waals surface area (Å²) in [5, 5.41) is 0. The van der Waals surface area contributed by atoms with E-state index in [9.17, 15) is 4.79 Å². The van der Waals surface area contributed by atoms with Crippen molar-refractivity contribution in [2.75, 3.05) is 5.75 Å². The van der Waals surface area contributed by atoms with E-state index in [1.165, 1.54) is 0 Å². The summed E-state index contributed by atoms with van der Waals surface area (Å²) < 4.78 is 7.75. The molecule has 0 atom stereocenters. The Balaban J connectivity index is 2.40. The predicted molar refractivity (Wildman–Crippen MR) is 21.2 cm³/mol. The van der Waals surface area contributed by atoms with Crippen LogP contribution in [-0.2, 0) is 4.79 Å². The molecule has 0 aromatic rings. The zero-order chi connectivity index (χ0) is 4.12. The van der Waals surface area contributed by atoms with Crippen molar-refractivity contribution < 1.29 is 9.35 Å². The maximum atomic E-state index is 9.22. The molecule has 0 aliphatic heterocycles. The maximum absolute atomic E-state index is 9.22. The lowest BCUT2D eigenvalue weighted by Gasteiger charge is -1.68. The first kappa shape index (κ1) is 4.98. The first-order valence-corrected chi connectivity index (χ1v) is 2.06. The van der Waals surface area contributed by atoms with Crippen molar-refractivity contribution in [3.63, 3.8) is 0 Å². The van der Waals surface area contributed by atoms with Crippen LogP contribution in [0.3, 0.4) is 0 Å². The van der Waals surface area contributed by atoms with Crippen LogP contribution >= 0.6 is 12.0 Å².